The lowest BCUT2D eigenvalue weighted by atomic mass is 10.1. The minimum atomic E-state index is -0.728. The van der Waals surface area contributed by atoms with Gasteiger partial charge in [-0.3, -0.25) is 4.79 Å². The highest BCUT2D eigenvalue weighted by Crippen LogP contribution is 2.05. The highest BCUT2D eigenvalue weighted by molar-refractivity contribution is 5.66. The van der Waals surface area contributed by atoms with Gasteiger partial charge in [-0.05, 0) is 31.2 Å². The maximum absolute atomic E-state index is 10.2. The van der Waals surface area contributed by atoms with Gasteiger partial charge in [0.15, 0.2) is 0 Å². The molecule has 0 aliphatic rings. The van der Waals surface area contributed by atoms with E-state index >= 15 is 0 Å². The minimum absolute atomic E-state index is 0.231. The van der Waals surface area contributed by atoms with Gasteiger partial charge in [0.05, 0.1) is 0 Å². The minimum Gasteiger partial charge on any atom is -0.481 e. The summed E-state index contributed by atoms with van der Waals surface area (Å²) in [5, 5.41) is 8.43. The van der Waals surface area contributed by atoms with Gasteiger partial charge in [0.2, 0.25) is 0 Å². The van der Waals surface area contributed by atoms with E-state index in [1.165, 1.54) is 5.56 Å². The summed E-state index contributed by atoms with van der Waals surface area (Å²) in [6.07, 6.45) is 8.13. The Morgan fingerprint density at radius 1 is 1.12 bits per heavy atom. The van der Waals surface area contributed by atoms with Crippen LogP contribution >= 0.6 is 0 Å². The Hall–Kier alpha value is -1.57. The second-order valence-corrected chi connectivity index (χ2v) is 3.78. The Kier molecular flexibility index (Phi) is 6.00. The van der Waals surface area contributed by atoms with Crippen LogP contribution in [0.4, 0.5) is 0 Å². The van der Waals surface area contributed by atoms with E-state index in [1.807, 2.05) is 12.1 Å². The first-order chi connectivity index (χ1) is 7.79. The lowest BCUT2D eigenvalue weighted by Crippen LogP contribution is -1.91. The quantitative estimate of drug-likeness (QED) is 0.562. The summed E-state index contributed by atoms with van der Waals surface area (Å²) in [6, 6.07) is 10.4. The van der Waals surface area contributed by atoms with Crippen molar-refractivity contribution in [2.45, 2.75) is 32.1 Å². The lowest BCUT2D eigenvalue weighted by Gasteiger charge is -1.97. The van der Waals surface area contributed by atoms with E-state index < -0.39 is 5.97 Å². The van der Waals surface area contributed by atoms with E-state index in [2.05, 4.69) is 30.3 Å². The fraction of sp³-hybridized carbons (Fsp3) is 0.357. The normalized spacial score (nSPS) is 10.8. The van der Waals surface area contributed by atoms with Crippen LogP contribution in [0.5, 0.6) is 0 Å². The van der Waals surface area contributed by atoms with Crippen LogP contribution in [0.1, 0.15) is 31.2 Å². The summed E-state index contributed by atoms with van der Waals surface area (Å²) in [5.41, 5.74) is 1.36. The van der Waals surface area contributed by atoms with Crippen LogP contribution in [0.15, 0.2) is 42.5 Å². The van der Waals surface area contributed by atoms with Crippen molar-refractivity contribution < 1.29 is 9.90 Å². The number of aryl methyl sites for hydroxylation is 1. The molecule has 0 spiro atoms. The van der Waals surface area contributed by atoms with Gasteiger partial charge in [-0.15, -0.1) is 0 Å². The molecule has 86 valence electrons. The zero-order chi connectivity index (χ0) is 11.6. The third kappa shape index (κ3) is 6.02. The van der Waals surface area contributed by atoms with Gasteiger partial charge in [0, 0.05) is 6.42 Å². The van der Waals surface area contributed by atoms with Gasteiger partial charge < -0.3 is 5.11 Å². The van der Waals surface area contributed by atoms with Crippen molar-refractivity contribution in [3.63, 3.8) is 0 Å². The summed E-state index contributed by atoms with van der Waals surface area (Å²) in [6.45, 7) is 0. The zero-order valence-corrected chi connectivity index (χ0v) is 9.43. The number of unbranched alkanes of at least 4 members (excludes halogenated alkanes) is 1. The first-order valence-electron chi connectivity index (χ1n) is 5.70. The molecule has 2 nitrogen and oxygen atoms in total. The second kappa shape index (κ2) is 7.69. The molecule has 0 bridgehead atoms. The number of allylic oxidation sites excluding steroid dienone is 2. The molecule has 2 heteroatoms. The van der Waals surface area contributed by atoms with E-state index in [4.69, 9.17) is 5.11 Å². The van der Waals surface area contributed by atoms with Crippen LogP contribution in [-0.2, 0) is 11.2 Å². The largest absolute Gasteiger partial charge is 0.481 e. The van der Waals surface area contributed by atoms with Crippen LogP contribution in [0.25, 0.3) is 0 Å². The van der Waals surface area contributed by atoms with Crippen LogP contribution in [-0.4, -0.2) is 11.1 Å². The zero-order valence-electron chi connectivity index (χ0n) is 9.43. The molecule has 0 amide bonds. The number of carbonyl (C=O) groups is 1. The van der Waals surface area contributed by atoms with Crippen LogP contribution < -0.4 is 0 Å². The van der Waals surface area contributed by atoms with Crippen LogP contribution in [0, 0.1) is 0 Å². The fourth-order valence-electron chi connectivity index (χ4n) is 1.51. The molecule has 1 aromatic carbocycles. The molecule has 0 fully saturated rings. The molecule has 1 aromatic rings. The molecule has 16 heavy (non-hydrogen) atoms. The molecule has 0 aliphatic carbocycles. The standard InChI is InChI=1S/C14H18O2/c15-14(16)12-8-3-1-2-5-9-13-10-6-4-7-11-13/h1,3-4,6-7,10-11H,2,5,8-9,12H2,(H,15,16). The maximum Gasteiger partial charge on any atom is 0.303 e. The van der Waals surface area contributed by atoms with E-state index in [0.717, 1.165) is 19.3 Å². The predicted octanol–water partition coefficient (Wildman–Crippen LogP) is 3.43. The van der Waals surface area contributed by atoms with E-state index in [-0.39, 0.29) is 6.42 Å². The van der Waals surface area contributed by atoms with Crippen LogP contribution in [0.3, 0.4) is 0 Å². The lowest BCUT2D eigenvalue weighted by molar-refractivity contribution is -0.136. The topological polar surface area (TPSA) is 37.3 Å². The molecule has 0 unspecified atom stereocenters. The number of carboxylic acid groups (broad SMARTS) is 1. The summed E-state index contributed by atoms with van der Waals surface area (Å²) < 4.78 is 0. The van der Waals surface area contributed by atoms with Gasteiger partial charge in [-0.2, -0.15) is 0 Å². The van der Waals surface area contributed by atoms with Gasteiger partial charge in [0.25, 0.3) is 0 Å². The smallest absolute Gasteiger partial charge is 0.303 e. The third-order valence-electron chi connectivity index (χ3n) is 2.37. The number of aliphatic carboxylic acids is 1. The van der Waals surface area contributed by atoms with Crippen molar-refractivity contribution in [3.05, 3.63) is 48.0 Å². The Bertz CT molecular complexity index is 328. The first kappa shape index (κ1) is 12.5. The Morgan fingerprint density at radius 3 is 2.50 bits per heavy atom. The third-order valence-corrected chi connectivity index (χ3v) is 2.37. The van der Waals surface area contributed by atoms with Crippen molar-refractivity contribution >= 4 is 5.97 Å². The number of hydrogen-bond donors (Lipinski definition) is 1. The fourth-order valence-corrected chi connectivity index (χ4v) is 1.51. The van der Waals surface area contributed by atoms with Gasteiger partial charge in [-0.25, -0.2) is 0 Å². The maximum atomic E-state index is 10.2. The number of rotatable bonds is 7. The monoisotopic (exact) mass is 218 g/mol. The van der Waals surface area contributed by atoms with Crippen molar-refractivity contribution in [2.24, 2.45) is 0 Å². The van der Waals surface area contributed by atoms with E-state index in [1.54, 1.807) is 0 Å². The highest BCUT2D eigenvalue weighted by Gasteiger charge is 1.92. The van der Waals surface area contributed by atoms with E-state index in [0.29, 0.717) is 6.42 Å². The average molecular weight is 218 g/mol. The van der Waals surface area contributed by atoms with Crippen molar-refractivity contribution in [3.8, 4) is 0 Å². The highest BCUT2D eigenvalue weighted by atomic mass is 16.4. The van der Waals surface area contributed by atoms with Gasteiger partial charge in [-0.1, -0.05) is 42.5 Å². The van der Waals surface area contributed by atoms with Crippen molar-refractivity contribution in [1.82, 2.24) is 0 Å². The predicted molar refractivity (Wildman–Crippen MR) is 65.4 cm³/mol. The molecule has 0 saturated heterocycles. The molecule has 1 rings (SSSR count). The number of benzene rings is 1. The van der Waals surface area contributed by atoms with Crippen molar-refractivity contribution in [2.75, 3.05) is 0 Å². The molecule has 0 atom stereocenters. The Balaban J connectivity index is 2.06. The van der Waals surface area contributed by atoms with Gasteiger partial charge >= 0.3 is 5.97 Å². The summed E-state index contributed by atoms with van der Waals surface area (Å²) in [5.74, 6) is -0.728. The Morgan fingerprint density at radius 2 is 1.81 bits per heavy atom. The molecule has 0 heterocycles. The molecular formula is C14H18O2. The Labute approximate surface area is 96.6 Å². The van der Waals surface area contributed by atoms with Gasteiger partial charge in [0.1, 0.15) is 0 Å². The molecule has 0 aromatic heterocycles. The molecule has 0 saturated carbocycles. The molecular weight excluding hydrogens is 200 g/mol. The number of hydrogen-bond acceptors (Lipinski definition) is 1. The first-order valence-corrected chi connectivity index (χ1v) is 5.70. The SMILES string of the molecule is O=C(O)CCC=CCCCc1ccccc1. The molecule has 1 N–H and O–H groups in total. The second-order valence-electron chi connectivity index (χ2n) is 3.78. The summed E-state index contributed by atoms with van der Waals surface area (Å²) >= 11 is 0. The summed E-state index contributed by atoms with van der Waals surface area (Å²) in [4.78, 5) is 10.2. The molecule has 0 aliphatic heterocycles. The van der Waals surface area contributed by atoms with E-state index in [9.17, 15) is 4.79 Å². The number of carboxylic acids is 1. The summed E-state index contributed by atoms with van der Waals surface area (Å²) in [7, 11) is 0. The van der Waals surface area contributed by atoms with Crippen LogP contribution in [0.2, 0.25) is 0 Å². The molecule has 0 radical (unpaired) electrons. The average Bonchev–Trinajstić information content (AvgIpc) is 2.29. The van der Waals surface area contributed by atoms with Crippen molar-refractivity contribution in [1.29, 1.82) is 0 Å².